The molecule has 0 unspecified atom stereocenters. The lowest BCUT2D eigenvalue weighted by Crippen LogP contribution is -1.90. The van der Waals surface area contributed by atoms with Crippen molar-refractivity contribution in [3.05, 3.63) is 180 Å². The Labute approximate surface area is 358 Å². The SMILES string of the molecule is Cc1cc2cc(c1)oc1cc(nc(-c3ccccc3)n1)oc1cc(C)cc(c1)oc1cc(nc(-c3ccccc3)n1)oc1cc(C)cc(c1)oc1cc(nc(-c3ccccc3)n1)o2. The maximum atomic E-state index is 6.46. The minimum absolute atomic E-state index is 0.248. The third-order valence-corrected chi connectivity index (χ3v) is 9.54. The normalized spacial score (nSPS) is 11.1. The zero-order valence-electron chi connectivity index (χ0n) is 34.2. The van der Waals surface area contributed by atoms with Gasteiger partial charge in [-0.1, -0.05) is 91.0 Å². The first-order chi connectivity index (χ1) is 30.8. The molecule has 0 amide bonds. The van der Waals surface area contributed by atoms with Gasteiger partial charge < -0.3 is 26.5 Å². The number of nitrogens with zero attached hydrogens (tertiary/aromatic N) is 6. The lowest BCUT2D eigenvalue weighted by Gasteiger charge is -2.02. The Balaban J connectivity index is 1.32. The van der Waals surface area contributed by atoms with E-state index in [0.29, 0.717) is 51.0 Å². The van der Waals surface area contributed by atoms with E-state index in [4.69, 9.17) is 56.4 Å². The fraction of sp³-hybridized carbons (Fsp3) is 0.0588. The standard InChI is InChI=1S/C51H36N6O6/c1-31-19-37-25-38(20-31)59-44-29-46(55-50(53-44)35-15-9-5-10-16-35)61-40-22-33(3)24-42(27-40)63-48-30-47(56-51(57-48)36-17-11-6-12-18-36)62-41-23-32(2)21-39(26-41)60-45-28-43(58-37)52-49(54-45)34-13-7-4-8-14-34/h4-30H,1-3H3. The molecule has 12 nitrogen and oxygen atoms in total. The van der Waals surface area contributed by atoms with E-state index in [-0.39, 0.29) is 34.3 Å². The summed E-state index contributed by atoms with van der Waals surface area (Å²) in [4.78, 5) is 28.7. The number of hydrogen-bond donors (Lipinski definition) is 0. The molecule has 0 aliphatic rings. The Morgan fingerprint density at radius 2 is 0.460 bits per heavy atom. The minimum atomic E-state index is 0.248. The van der Waals surface area contributed by atoms with Crippen LogP contribution in [0.3, 0.4) is 0 Å². The summed E-state index contributed by atoms with van der Waals surface area (Å²) in [5.74, 6) is 1.21. The molecular formula is C51H36N6O6. The maximum absolute atomic E-state index is 6.46. The first kappa shape index (κ1) is 38.6. The molecule has 0 atom stereocenters. The molecule has 12 bridgehead atoms. The zero-order valence-corrected chi connectivity index (χ0v) is 34.2. The Bertz CT molecular complexity index is 3080. The van der Waals surface area contributed by atoms with Crippen molar-refractivity contribution in [3.63, 3.8) is 0 Å². The first-order valence-electron chi connectivity index (χ1n) is 20.0. The van der Waals surface area contributed by atoms with Crippen molar-refractivity contribution < 1.29 is 26.5 Å². The van der Waals surface area contributed by atoms with Gasteiger partial charge in [-0.15, -0.1) is 0 Å². The van der Waals surface area contributed by atoms with Gasteiger partial charge in [0, 0.05) is 34.9 Å². The van der Waals surface area contributed by atoms with E-state index in [9.17, 15) is 0 Å². The summed E-state index contributed by atoms with van der Waals surface area (Å²) >= 11 is 0. The highest BCUT2D eigenvalue weighted by Gasteiger charge is 2.09. The van der Waals surface area contributed by atoms with Gasteiger partial charge in [0.25, 0.3) is 0 Å². The predicted molar refractivity (Wildman–Crippen MR) is 242 cm³/mol. The number of hydrogen-bond acceptors (Lipinski definition) is 12. The molecule has 0 spiro atoms. The zero-order chi connectivity index (χ0) is 42.7. The van der Waals surface area contributed by atoms with Crippen molar-refractivity contribution in [2.45, 2.75) is 20.8 Å². The molecule has 6 aromatic carbocycles. The third-order valence-electron chi connectivity index (χ3n) is 9.54. The van der Waals surface area contributed by atoms with Crippen molar-refractivity contribution in [3.8, 4) is 34.2 Å². The molecule has 12 heteroatoms. The number of fused-ring (bicyclic) bond motifs is 12. The highest BCUT2D eigenvalue weighted by Crippen LogP contribution is 2.24. The number of benzene rings is 6. The second-order valence-corrected chi connectivity index (χ2v) is 14.8. The molecule has 0 aliphatic heterocycles. The monoisotopic (exact) mass is 828 g/mol. The van der Waals surface area contributed by atoms with Crippen LogP contribution in [-0.2, 0) is 0 Å². The Hall–Kier alpha value is -8.64. The largest absolute Gasteiger partial charge is 0.439 e. The van der Waals surface area contributed by atoms with Crippen molar-refractivity contribution in [2.75, 3.05) is 0 Å². The third kappa shape index (κ3) is 9.25. The molecule has 0 radical (unpaired) electrons. The van der Waals surface area contributed by atoms with Crippen molar-refractivity contribution in [2.24, 2.45) is 0 Å². The average molecular weight is 829 g/mol. The molecule has 63 heavy (non-hydrogen) atoms. The van der Waals surface area contributed by atoms with Gasteiger partial charge in [-0.25, -0.2) is 0 Å². The lowest BCUT2D eigenvalue weighted by molar-refractivity contribution is 0.608. The molecule has 0 saturated carbocycles. The number of aromatic nitrogens is 6. The van der Waals surface area contributed by atoms with Crippen molar-refractivity contribution >= 4 is 67.8 Å². The molecule has 0 aliphatic carbocycles. The Kier molecular flexibility index (Phi) is 10.3. The summed E-state index contributed by atoms with van der Waals surface area (Å²) in [6, 6.07) is 50.3. The summed E-state index contributed by atoms with van der Waals surface area (Å²) in [5, 5.41) is 0. The van der Waals surface area contributed by atoms with Gasteiger partial charge in [-0.3, -0.25) is 0 Å². The van der Waals surface area contributed by atoms with Crippen LogP contribution in [0, 0.1) is 20.8 Å². The fourth-order valence-corrected chi connectivity index (χ4v) is 6.89. The molecule has 306 valence electrons. The van der Waals surface area contributed by atoms with E-state index in [1.807, 2.05) is 148 Å². The van der Waals surface area contributed by atoms with Crippen LogP contribution in [0.1, 0.15) is 16.7 Å². The van der Waals surface area contributed by atoms with E-state index in [1.54, 1.807) is 36.4 Å². The van der Waals surface area contributed by atoms with E-state index in [1.165, 1.54) is 0 Å². The van der Waals surface area contributed by atoms with Crippen LogP contribution >= 0.6 is 0 Å². The van der Waals surface area contributed by atoms with Crippen LogP contribution in [0.2, 0.25) is 0 Å². The quantitative estimate of drug-likeness (QED) is 0.166. The summed E-state index contributed by atoms with van der Waals surface area (Å²) in [6.45, 7) is 5.84. The van der Waals surface area contributed by atoms with Crippen molar-refractivity contribution in [1.82, 2.24) is 29.9 Å². The van der Waals surface area contributed by atoms with E-state index in [2.05, 4.69) is 0 Å². The lowest BCUT2D eigenvalue weighted by atomic mass is 10.2. The summed E-state index contributed by atoms with van der Waals surface area (Å²) in [6.07, 6.45) is 0. The summed E-state index contributed by atoms with van der Waals surface area (Å²) in [5.41, 5.74) is 9.22. The van der Waals surface area contributed by atoms with E-state index >= 15 is 0 Å². The molecule has 0 fully saturated rings. The molecular weight excluding hydrogens is 793 g/mol. The molecule has 0 saturated heterocycles. The Morgan fingerprint density at radius 3 is 0.667 bits per heavy atom. The van der Waals surface area contributed by atoms with Gasteiger partial charge in [-0.05, 0) is 73.9 Å². The second kappa shape index (κ2) is 16.8. The maximum Gasteiger partial charge on any atom is 0.226 e. The number of rotatable bonds is 3. The molecule has 10 rings (SSSR count). The highest BCUT2D eigenvalue weighted by atomic mass is 16.4. The smallest absolute Gasteiger partial charge is 0.226 e. The first-order valence-corrected chi connectivity index (χ1v) is 20.0. The van der Waals surface area contributed by atoms with Gasteiger partial charge >= 0.3 is 0 Å². The second-order valence-electron chi connectivity index (χ2n) is 14.8. The van der Waals surface area contributed by atoms with Crippen molar-refractivity contribution in [1.29, 1.82) is 0 Å². The van der Waals surface area contributed by atoms with E-state index in [0.717, 1.165) is 33.4 Å². The average Bonchev–Trinajstić information content (AvgIpc) is 3.26. The molecule has 0 N–H and O–H groups in total. The summed E-state index contributed by atoms with van der Waals surface area (Å²) in [7, 11) is 0. The molecule has 4 aromatic heterocycles. The van der Waals surface area contributed by atoms with Gasteiger partial charge in [0.15, 0.2) is 17.5 Å². The van der Waals surface area contributed by atoms with Crippen LogP contribution in [0.25, 0.3) is 102 Å². The highest BCUT2D eigenvalue weighted by molar-refractivity contribution is 5.68. The van der Waals surface area contributed by atoms with Gasteiger partial charge in [0.2, 0.25) is 34.3 Å². The summed E-state index contributed by atoms with van der Waals surface area (Å²) < 4.78 is 38.7. The predicted octanol–water partition coefficient (Wildman–Crippen LogP) is 13.5. The molecule has 4 heterocycles. The fourth-order valence-electron chi connectivity index (χ4n) is 6.89. The van der Waals surface area contributed by atoms with E-state index < -0.39 is 0 Å². The van der Waals surface area contributed by atoms with Crippen LogP contribution in [0.15, 0.2) is 190 Å². The molecule has 10 aromatic rings. The van der Waals surface area contributed by atoms with Crippen LogP contribution in [0.5, 0.6) is 0 Å². The minimum Gasteiger partial charge on any atom is -0.439 e. The van der Waals surface area contributed by atoms with Gasteiger partial charge in [-0.2, -0.15) is 29.9 Å². The van der Waals surface area contributed by atoms with Gasteiger partial charge in [0.05, 0.1) is 18.2 Å². The Morgan fingerprint density at radius 1 is 0.254 bits per heavy atom. The van der Waals surface area contributed by atoms with Gasteiger partial charge in [0.1, 0.15) is 33.5 Å². The van der Waals surface area contributed by atoms with Crippen LogP contribution in [0.4, 0.5) is 0 Å². The number of aryl methyl sites for hydroxylation is 3. The topological polar surface area (TPSA) is 156 Å². The van der Waals surface area contributed by atoms with Crippen LogP contribution in [-0.4, -0.2) is 29.9 Å². The van der Waals surface area contributed by atoms with Crippen LogP contribution < -0.4 is 0 Å².